The SMILES string of the molecule is CC(O)Cc1csc(Cc2ccccc2Br)n1. The number of aliphatic hydroxyl groups is 1. The molecule has 2 nitrogen and oxygen atoms in total. The Labute approximate surface area is 113 Å². The van der Waals surface area contributed by atoms with E-state index >= 15 is 0 Å². The van der Waals surface area contributed by atoms with Gasteiger partial charge in [0, 0.05) is 22.7 Å². The quantitative estimate of drug-likeness (QED) is 0.938. The zero-order valence-corrected chi connectivity index (χ0v) is 12.0. The molecule has 1 heterocycles. The van der Waals surface area contributed by atoms with Crippen molar-refractivity contribution in [2.75, 3.05) is 0 Å². The van der Waals surface area contributed by atoms with E-state index in [9.17, 15) is 5.11 Å². The highest BCUT2D eigenvalue weighted by atomic mass is 79.9. The number of hydrogen-bond donors (Lipinski definition) is 1. The van der Waals surface area contributed by atoms with Crippen molar-refractivity contribution >= 4 is 27.3 Å². The number of nitrogens with zero attached hydrogens (tertiary/aromatic N) is 1. The Hall–Kier alpha value is -0.710. The van der Waals surface area contributed by atoms with Crippen LogP contribution >= 0.6 is 27.3 Å². The molecule has 0 aliphatic heterocycles. The first-order chi connectivity index (χ1) is 8.15. The van der Waals surface area contributed by atoms with Crippen LogP contribution in [0.4, 0.5) is 0 Å². The highest BCUT2D eigenvalue weighted by molar-refractivity contribution is 9.10. The van der Waals surface area contributed by atoms with Crippen molar-refractivity contribution in [1.29, 1.82) is 0 Å². The van der Waals surface area contributed by atoms with Crippen LogP contribution in [-0.4, -0.2) is 16.2 Å². The van der Waals surface area contributed by atoms with Gasteiger partial charge in [-0.15, -0.1) is 11.3 Å². The summed E-state index contributed by atoms with van der Waals surface area (Å²) < 4.78 is 1.12. The average molecular weight is 312 g/mol. The predicted octanol–water partition coefficient (Wildman–Crippen LogP) is 3.42. The van der Waals surface area contributed by atoms with Gasteiger partial charge >= 0.3 is 0 Å². The van der Waals surface area contributed by atoms with E-state index in [0.29, 0.717) is 6.42 Å². The largest absolute Gasteiger partial charge is 0.393 e. The van der Waals surface area contributed by atoms with E-state index in [1.807, 2.05) is 23.6 Å². The van der Waals surface area contributed by atoms with Gasteiger partial charge < -0.3 is 5.11 Å². The molecule has 90 valence electrons. The van der Waals surface area contributed by atoms with Gasteiger partial charge in [0.25, 0.3) is 0 Å². The van der Waals surface area contributed by atoms with Gasteiger partial charge in [0.1, 0.15) is 0 Å². The third kappa shape index (κ3) is 3.63. The minimum absolute atomic E-state index is 0.326. The van der Waals surface area contributed by atoms with Gasteiger partial charge in [-0.1, -0.05) is 34.1 Å². The third-order valence-corrected chi connectivity index (χ3v) is 4.07. The summed E-state index contributed by atoms with van der Waals surface area (Å²) in [6.45, 7) is 1.78. The van der Waals surface area contributed by atoms with Gasteiger partial charge in [0.05, 0.1) is 16.8 Å². The van der Waals surface area contributed by atoms with Crippen molar-refractivity contribution in [1.82, 2.24) is 4.98 Å². The minimum atomic E-state index is -0.326. The van der Waals surface area contributed by atoms with Crippen molar-refractivity contribution in [3.8, 4) is 0 Å². The molecule has 0 saturated heterocycles. The maximum Gasteiger partial charge on any atom is 0.0972 e. The molecule has 0 radical (unpaired) electrons. The number of hydrogen-bond acceptors (Lipinski definition) is 3. The number of thiazole rings is 1. The highest BCUT2D eigenvalue weighted by Crippen LogP contribution is 2.21. The lowest BCUT2D eigenvalue weighted by Crippen LogP contribution is -2.04. The molecule has 1 N–H and O–H groups in total. The van der Waals surface area contributed by atoms with Gasteiger partial charge in [-0.2, -0.15) is 0 Å². The van der Waals surface area contributed by atoms with Crippen molar-refractivity contribution < 1.29 is 5.11 Å². The van der Waals surface area contributed by atoms with Gasteiger partial charge in [-0.3, -0.25) is 0 Å². The Morgan fingerprint density at radius 2 is 2.18 bits per heavy atom. The minimum Gasteiger partial charge on any atom is -0.393 e. The van der Waals surface area contributed by atoms with E-state index in [2.05, 4.69) is 27.0 Å². The van der Waals surface area contributed by atoms with E-state index in [1.54, 1.807) is 18.3 Å². The number of aliphatic hydroxyl groups excluding tert-OH is 1. The second-order valence-electron chi connectivity index (χ2n) is 4.05. The van der Waals surface area contributed by atoms with E-state index in [1.165, 1.54) is 5.56 Å². The van der Waals surface area contributed by atoms with Crippen LogP contribution in [0, 0.1) is 0 Å². The highest BCUT2D eigenvalue weighted by Gasteiger charge is 2.07. The summed E-state index contributed by atoms with van der Waals surface area (Å²) in [7, 11) is 0. The predicted molar refractivity (Wildman–Crippen MR) is 74.4 cm³/mol. The van der Waals surface area contributed by atoms with Crippen LogP contribution in [-0.2, 0) is 12.8 Å². The van der Waals surface area contributed by atoms with Crippen LogP contribution in [0.1, 0.15) is 23.2 Å². The summed E-state index contributed by atoms with van der Waals surface area (Å²) in [6, 6.07) is 8.18. The molecule has 0 saturated carbocycles. The number of aromatic nitrogens is 1. The zero-order chi connectivity index (χ0) is 12.3. The van der Waals surface area contributed by atoms with Gasteiger partial charge in [-0.25, -0.2) is 4.98 Å². The summed E-state index contributed by atoms with van der Waals surface area (Å²) in [6.07, 6.45) is 1.15. The molecule has 2 rings (SSSR count). The summed E-state index contributed by atoms with van der Waals surface area (Å²) in [4.78, 5) is 4.52. The Morgan fingerprint density at radius 3 is 2.88 bits per heavy atom. The smallest absolute Gasteiger partial charge is 0.0972 e. The molecule has 4 heteroatoms. The lowest BCUT2D eigenvalue weighted by Gasteiger charge is -2.01. The monoisotopic (exact) mass is 311 g/mol. The van der Waals surface area contributed by atoms with Crippen molar-refractivity contribution in [2.24, 2.45) is 0 Å². The van der Waals surface area contributed by atoms with Crippen molar-refractivity contribution in [3.63, 3.8) is 0 Å². The molecule has 0 bridgehead atoms. The molecular weight excluding hydrogens is 298 g/mol. The Kier molecular flexibility index (Phi) is 4.31. The lowest BCUT2D eigenvalue weighted by atomic mass is 10.2. The molecule has 1 aromatic heterocycles. The van der Waals surface area contributed by atoms with Gasteiger partial charge in [0.15, 0.2) is 0 Å². The topological polar surface area (TPSA) is 33.1 Å². The lowest BCUT2D eigenvalue weighted by molar-refractivity contribution is 0.194. The average Bonchev–Trinajstić information content (AvgIpc) is 2.68. The van der Waals surface area contributed by atoms with Gasteiger partial charge in [0.2, 0.25) is 0 Å². The fraction of sp³-hybridized carbons (Fsp3) is 0.308. The molecule has 1 atom stereocenters. The van der Waals surface area contributed by atoms with Crippen LogP contribution in [0.2, 0.25) is 0 Å². The van der Waals surface area contributed by atoms with Gasteiger partial charge in [-0.05, 0) is 18.6 Å². The standard InChI is InChI=1S/C13H14BrNOS/c1-9(16)6-11-8-17-13(15-11)7-10-4-2-3-5-12(10)14/h2-5,8-9,16H,6-7H2,1H3. The normalized spacial score (nSPS) is 12.6. The van der Waals surface area contributed by atoms with E-state index in [0.717, 1.165) is 21.6 Å². The molecule has 1 aromatic carbocycles. The zero-order valence-electron chi connectivity index (χ0n) is 9.56. The Morgan fingerprint density at radius 1 is 1.41 bits per heavy atom. The summed E-state index contributed by atoms with van der Waals surface area (Å²) in [5.74, 6) is 0. The molecular formula is C13H14BrNOS. The number of benzene rings is 1. The third-order valence-electron chi connectivity index (χ3n) is 2.40. The van der Waals surface area contributed by atoms with E-state index in [4.69, 9.17) is 0 Å². The second-order valence-corrected chi connectivity index (χ2v) is 5.85. The molecule has 0 aliphatic carbocycles. The first kappa shape index (κ1) is 12.7. The van der Waals surface area contributed by atoms with Crippen molar-refractivity contribution in [2.45, 2.75) is 25.9 Å². The van der Waals surface area contributed by atoms with Crippen LogP contribution in [0.3, 0.4) is 0 Å². The first-order valence-corrected chi connectivity index (χ1v) is 7.17. The fourth-order valence-electron chi connectivity index (χ4n) is 1.63. The molecule has 17 heavy (non-hydrogen) atoms. The summed E-state index contributed by atoms with van der Waals surface area (Å²) in [5.41, 5.74) is 2.22. The molecule has 0 amide bonds. The Balaban J connectivity index is 2.09. The molecule has 2 aromatic rings. The maximum absolute atomic E-state index is 9.31. The Bertz CT molecular complexity index is 496. The molecule has 0 aliphatic rings. The number of rotatable bonds is 4. The van der Waals surface area contributed by atoms with E-state index in [-0.39, 0.29) is 6.10 Å². The maximum atomic E-state index is 9.31. The van der Waals surface area contributed by atoms with E-state index < -0.39 is 0 Å². The van der Waals surface area contributed by atoms with Crippen molar-refractivity contribution in [3.05, 3.63) is 50.4 Å². The summed E-state index contributed by atoms with van der Waals surface area (Å²) in [5, 5.41) is 12.4. The van der Waals surface area contributed by atoms with Crippen LogP contribution in [0.25, 0.3) is 0 Å². The van der Waals surface area contributed by atoms with Crippen LogP contribution < -0.4 is 0 Å². The van der Waals surface area contributed by atoms with Crippen LogP contribution in [0.15, 0.2) is 34.1 Å². The molecule has 0 fully saturated rings. The second kappa shape index (κ2) is 5.76. The summed E-state index contributed by atoms with van der Waals surface area (Å²) >= 11 is 5.19. The molecule has 0 spiro atoms. The fourth-order valence-corrected chi connectivity index (χ4v) is 2.89. The first-order valence-electron chi connectivity index (χ1n) is 5.50. The van der Waals surface area contributed by atoms with Crippen LogP contribution in [0.5, 0.6) is 0 Å². The molecule has 1 unspecified atom stereocenters. The number of halogens is 1.